The smallest absolute Gasteiger partial charge is 0.126 e. The fourth-order valence-electron chi connectivity index (χ4n) is 2.48. The Kier molecular flexibility index (Phi) is 2.15. The van der Waals surface area contributed by atoms with Crippen LogP contribution in [-0.2, 0) is 17.6 Å². The zero-order valence-corrected chi connectivity index (χ0v) is 8.66. The maximum Gasteiger partial charge on any atom is 0.126 e. The number of rotatable bonds is 1. The first kappa shape index (κ1) is 9.19. The number of hydrogen-bond acceptors (Lipinski definition) is 3. The topological polar surface area (TPSA) is 44.5 Å². The Bertz CT molecular complexity index is 389. The van der Waals surface area contributed by atoms with Crippen LogP contribution in [0.3, 0.4) is 0 Å². The van der Waals surface area contributed by atoms with Crippen molar-refractivity contribution in [1.29, 1.82) is 0 Å². The van der Waals surface area contributed by atoms with Crippen LogP contribution < -0.4 is 10.5 Å². The zero-order valence-electron chi connectivity index (χ0n) is 8.66. The van der Waals surface area contributed by atoms with E-state index in [4.69, 9.17) is 15.2 Å². The third kappa shape index (κ3) is 1.34. The van der Waals surface area contributed by atoms with Crippen LogP contribution in [0, 0.1) is 0 Å². The van der Waals surface area contributed by atoms with Gasteiger partial charge in [0.2, 0.25) is 0 Å². The van der Waals surface area contributed by atoms with Crippen LogP contribution in [0.5, 0.6) is 5.75 Å². The first-order valence-corrected chi connectivity index (χ1v) is 5.49. The Morgan fingerprint density at radius 3 is 3.07 bits per heavy atom. The highest BCUT2D eigenvalue weighted by molar-refractivity contribution is 5.50. The Morgan fingerprint density at radius 1 is 1.27 bits per heavy atom. The van der Waals surface area contributed by atoms with Gasteiger partial charge in [0, 0.05) is 18.5 Å². The zero-order chi connectivity index (χ0) is 10.3. The first-order valence-electron chi connectivity index (χ1n) is 5.49. The predicted molar refractivity (Wildman–Crippen MR) is 57.1 cm³/mol. The standard InChI is InChI=1S/C12H15NO2/c13-7-11-9-2-1-8-3-5-15-12(8)10(9)4-6-14-11/h1-2,11H,3-7,13H2/t11-/m1/s1. The second-order valence-corrected chi connectivity index (χ2v) is 4.07. The Labute approximate surface area is 89.2 Å². The number of fused-ring (bicyclic) bond motifs is 3. The maximum atomic E-state index is 5.70. The summed E-state index contributed by atoms with van der Waals surface area (Å²) in [7, 11) is 0. The Balaban J connectivity index is 2.11. The van der Waals surface area contributed by atoms with Crippen LogP contribution in [0.1, 0.15) is 22.8 Å². The molecule has 0 fully saturated rings. The van der Waals surface area contributed by atoms with E-state index in [0.29, 0.717) is 6.54 Å². The van der Waals surface area contributed by atoms with Crippen molar-refractivity contribution in [3.05, 3.63) is 28.8 Å². The van der Waals surface area contributed by atoms with E-state index in [1.54, 1.807) is 0 Å². The molecule has 0 aliphatic carbocycles. The van der Waals surface area contributed by atoms with Crippen molar-refractivity contribution in [2.45, 2.75) is 18.9 Å². The van der Waals surface area contributed by atoms with Crippen LogP contribution in [0.15, 0.2) is 12.1 Å². The molecule has 2 aliphatic heterocycles. The number of hydrogen-bond donors (Lipinski definition) is 1. The fraction of sp³-hybridized carbons (Fsp3) is 0.500. The molecule has 0 spiro atoms. The van der Waals surface area contributed by atoms with E-state index in [1.165, 1.54) is 16.7 Å². The lowest BCUT2D eigenvalue weighted by atomic mass is 9.94. The Morgan fingerprint density at radius 2 is 2.20 bits per heavy atom. The summed E-state index contributed by atoms with van der Waals surface area (Å²) in [5, 5.41) is 0. The van der Waals surface area contributed by atoms with Gasteiger partial charge in [0.25, 0.3) is 0 Å². The average Bonchev–Trinajstić information content (AvgIpc) is 2.76. The molecule has 1 aromatic carbocycles. The third-order valence-electron chi connectivity index (χ3n) is 3.23. The van der Waals surface area contributed by atoms with Gasteiger partial charge in [0.15, 0.2) is 0 Å². The SMILES string of the molecule is NC[C@H]1OCCc2c1ccc1c2OCC1. The molecule has 0 saturated heterocycles. The van der Waals surface area contributed by atoms with Crippen molar-refractivity contribution in [3.63, 3.8) is 0 Å². The normalized spacial score (nSPS) is 23.1. The molecular formula is C12H15NO2. The summed E-state index contributed by atoms with van der Waals surface area (Å²) in [5.41, 5.74) is 9.59. The summed E-state index contributed by atoms with van der Waals surface area (Å²) < 4.78 is 11.3. The molecule has 2 heterocycles. The highest BCUT2D eigenvalue weighted by Crippen LogP contribution is 2.37. The van der Waals surface area contributed by atoms with Gasteiger partial charge in [-0.25, -0.2) is 0 Å². The van der Waals surface area contributed by atoms with E-state index >= 15 is 0 Å². The minimum Gasteiger partial charge on any atom is -0.493 e. The summed E-state index contributed by atoms with van der Waals surface area (Å²) in [4.78, 5) is 0. The third-order valence-corrected chi connectivity index (χ3v) is 3.23. The number of nitrogens with two attached hydrogens (primary N) is 1. The molecule has 3 rings (SSSR count). The van der Waals surface area contributed by atoms with Gasteiger partial charge in [-0.3, -0.25) is 0 Å². The van der Waals surface area contributed by atoms with Crippen molar-refractivity contribution in [1.82, 2.24) is 0 Å². The van der Waals surface area contributed by atoms with Gasteiger partial charge in [0.05, 0.1) is 19.3 Å². The lowest BCUT2D eigenvalue weighted by molar-refractivity contribution is 0.0477. The molecule has 2 aliphatic rings. The minimum absolute atomic E-state index is 0.0586. The molecular weight excluding hydrogens is 190 g/mol. The molecule has 3 nitrogen and oxygen atoms in total. The van der Waals surface area contributed by atoms with Crippen LogP contribution in [0.2, 0.25) is 0 Å². The molecule has 0 saturated carbocycles. The van der Waals surface area contributed by atoms with Crippen LogP contribution >= 0.6 is 0 Å². The van der Waals surface area contributed by atoms with Gasteiger partial charge >= 0.3 is 0 Å². The average molecular weight is 205 g/mol. The second kappa shape index (κ2) is 3.51. The largest absolute Gasteiger partial charge is 0.493 e. The second-order valence-electron chi connectivity index (χ2n) is 4.07. The van der Waals surface area contributed by atoms with Crippen molar-refractivity contribution < 1.29 is 9.47 Å². The summed E-state index contributed by atoms with van der Waals surface area (Å²) >= 11 is 0. The lowest BCUT2D eigenvalue weighted by Gasteiger charge is -2.26. The van der Waals surface area contributed by atoms with Crippen molar-refractivity contribution in [3.8, 4) is 5.75 Å². The van der Waals surface area contributed by atoms with Crippen molar-refractivity contribution >= 4 is 0 Å². The van der Waals surface area contributed by atoms with E-state index in [0.717, 1.165) is 31.8 Å². The fourth-order valence-corrected chi connectivity index (χ4v) is 2.48. The monoisotopic (exact) mass is 205 g/mol. The molecule has 0 radical (unpaired) electrons. The van der Waals surface area contributed by atoms with E-state index in [1.807, 2.05) is 0 Å². The predicted octanol–water partition coefficient (Wildman–Crippen LogP) is 1.19. The molecule has 2 N–H and O–H groups in total. The number of ether oxygens (including phenoxy) is 2. The van der Waals surface area contributed by atoms with Gasteiger partial charge in [0.1, 0.15) is 5.75 Å². The lowest BCUT2D eigenvalue weighted by Crippen LogP contribution is -2.23. The molecule has 0 aromatic heterocycles. The van der Waals surface area contributed by atoms with Gasteiger partial charge in [-0.15, -0.1) is 0 Å². The van der Waals surface area contributed by atoms with Gasteiger partial charge in [-0.2, -0.15) is 0 Å². The Hall–Kier alpha value is -1.06. The summed E-state index contributed by atoms with van der Waals surface area (Å²) in [6.07, 6.45) is 2.05. The molecule has 80 valence electrons. The molecule has 1 aromatic rings. The van der Waals surface area contributed by atoms with Crippen molar-refractivity contribution in [2.24, 2.45) is 5.73 Å². The quantitative estimate of drug-likeness (QED) is 0.749. The van der Waals surface area contributed by atoms with Gasteiger partial charge in [-0.1, -0.05) is 12.1 Å². The maximum absolute atomic E-state index is 5.70. The highest BCUT2D eigenvalue weighted by atomic mass is 16.5. The molecule has 3 heteroatoms. The minimum atomic E-state index is 0.0586. The highest BCUT2D eigenvalue weighted by Gasteiger charge is 2.26. The van der Waals surface area contributed by atoms with E-state index in [2.05, 4.69) is 12.1 Å². The van der Waals surface area contributed by atoms with E-state index < -0.39 is 0 Å². The van der Waals surface area contributed by atoms with E-state index in [-0.39, 0.29) is 6.10 Å². The van der Waals surface area contributed by atoms with Crippen molar-refractivity contribution in [2.75, 3.05) is 19.8 Å². The molecule has 0 bridgehead atoms. The van der Waals surface area contributed by atoms with Gasteiger partial charge in [-0.05, 0) is 17.5 Å². The summed E-state index contributed by atoms with van der Waals surface area (Å²) in [6.45, 7) is 2.13. The molecule has 0 unspecified atom stereocenters. The van der Waals surface area contributed by atoms with Crippen LogP contribution in [0.25, 0.3) is 0 Å². The summed E-state index contributed by atoms with van der Waals surface area (Å²) in [6, 6.07) is 4.30. The van der Waals surface area contributed by atoms with Gasteiger partial charge < -0.3 is 15.2 Å². The van der Waals surface area contributed by atoms with Crippen LogP contribution in [0.4, 0.5) is 0 Å². The number of benzene rings is 1. The first-order chi connectivity index (χ1) is 7.40. The molecule has 15 heavy (non-hydrogen) atoms. The summed E-state index contributed by atoms with van der Waals surface area (Å²) in [5.74, 6) is 1.11. The van der Waals surface area contributed by atoms with E-state index in [9.17, 15) is 0 Å². The molecule has 0 amide bonds. The molecule has 1 atom stereocenters. The van der Waals surface area contributed by atoms with Crippen LogP contribution in [-0.4, -0.2) is 19.8 Å².